The van der Waals surface area contributed by atoms with Crippen molar-refractivity contribution in [1.82, 2.24) is 4.98 Å². The number of Topliss-reactive ketones (excluding diaryl/α,β-unsaturated/α-hetero) is 1. The highest BCUT2D eigenvalue weighted by Gasteiger charge is 2.21. The number of nitrogens with zero attached hydrogens (tertiary/aromatic N) is 1. The molecule has 2 heterocycles. The van der Waals surface area contributed by atoms with Gasteiger partial charge in [0.1, 0.15) is 11.4 Å². The number of H-pyrrole nitrogens is 1. The zero-order valence-corrected chi connectivity index (χ0v) is 16.1. The van der Waals surface area contributed by atoms with E-state index in [4.69, 9.17) is 9.47 Å². The lowest BCUT2D eigenvalue weighted by atomic mass is 10.1. The van der Waals surface area contributed by atoms with Gasteiger partial charge >= 0.3 is 0 Å². The molecule has 3 rings (SSSR count). The summed E-state index contributed by atoms with van der Waals surface area (Å²) in [7, 11) is 1.58. The molecule has 0 saturated carbocycles. The number of aryl methyl sites for hydroxylation is 1. The van der Waals surface area contributed by atoms with Gasteiger partial charge in [-0.25, -0.2) is 0 Å². The van der Waals surface area contributed by atoms with Gasteiger partial charge in [-0.2, -0.15) is 0 Å². The zero-order chi connectivity index (χ0) is 19.6. The quantitative estimate of drug-likeness (QED) is 0.790. The Kier molecular flexibility index (Phi) is 5.51. The van der Waals surface area contributed by atoms with E-state index in [0.717, 1.165) is 18.8 Å². The second-order valence-electron chi connectivity index (χ2n) is 6.62. The molecule has 1 fully saturated rings. The van der Waals surface area contributed by atoms with Gasteiger partial charge in [-0.1, -0.05) is 0 Å². The number of rotatable bonds is 5. The number of carbonyl (C=O) groups is 2. The van der Waals surface area contributed by atoms with E-state index in [2.05, 4.69) is 15.2 Å². The third kappa shape index (κ3) is 3.83. The molecule has 0 bridgehead atoms. The van der Waals surface area contributed by atoms with Crippen molar-refractivity contribution in [2.24, 2.45) is 0 Å². The van der Waals surface area contributed by atoms with Crippen molar-refractivity contribution in [1.29, 1.82) is 0 Å². The maximum atomic E-state index is 12.7. The van der Waals surface area contributed by atoms with Crippen LogP contribution < -0.4 is 15.0 Å². The Bertz CT molecular complexity index is 866. The number of anilines is 2. The van der Waals surface area contributed by atoms with Crippen LogP contribution in [0, 0.1) is 13.8 Å². The smallest absolute Gasteiger partial charge is 0.272 e. The summed E-state index contributed by atoms with van der Waals surface area (Å²) in [4.78, 5) is 29.8. The Morgan fingerprint density at radius 1 is 1.22 bits per heavy atom. The normalized spacial score (nSPS) is 14.1. The van der Waals surface area contributed by atoms with Crippen molar-refractivity contribution in [2.45, 2.75) is 20.8 Å². The first kappa shape index (κ1) is 19.0. The SMILES string of the molecule is COc1cc(N2CCOCC2)ccc1NC(=O)c1[nH]c(C)c(C(C)=O)c1C. The van der Waals surface area contributed by atoms with Crippen molar-refractivity contribution in [3.8, 4) is 5.75 Å². The molecule has 0 spiro atoms. The van der Waals surface area contributed by atoms with Crippen LogP contribution >= 0.6 is 0 Å². The second-order valence-corrected chi connectivity index (χ2v) is 6.62. The first-order valence-electron chi connectivity index (χ1n) is 8.94. The summed E-state index contributed by atoms with van der Waals surface area (Å²) in [5.41, 5.74) is 3.91. The number of ether oxygens (including phenoxy) is 2. The van der Waals surface area contributed by atoms with Crippen LogP contribution in [-0.2, 0) is 4.74 Å². The maximum Gasteiger partial charge on any atom is 0.272 e. The standard InChI is InChI=1S/C20H25N3O4/c1-12-18(14(3)24)13(2)21-19(12)20(25)22-16-6-5-15(11-17(16)26-4)23-7-9-27-10-8-23/h5-6,11,21H,7-10H2,1-4H3,(H,22,25). The summed E-state index contributed by atoms with van der Waals surface area (Å²) < 4.78 is 10.9. The number of nitrogens with one attached hydrogen (secondary N) is 2. The minimum atomic E-state index is -0.305. The number of amides is 1. The van der Waals surface area contributed by atoms with Gasteiger partial charge in [-0.05, 0) is 38.5 Å². The van der Waals surface area contributed by atoms with Crippen LogP contribution in [0.15, 0.2) is 18.2 Å². The predicted molar refractivity (Wildman–Crippen MR) is 104 cm³/mol. The van der Waals surface area contributed by atoms with E-state index in [0.29, 0.717) is 47.2 Å². The van der Waals surface area contributed by atoms with Gasteiger partial charge in [0, 0.05) is 36.1 Å². The summed E-state index contributed by atoms with van der Waals surface area (Å²) in [6, 6.07) is 5.70. The van der Waals surface area contributed by atoms with Crippen molar-refractivity contribution in [2.75, 3.05) is 43.6 Å². The molecule has 0 radical (unpaired) electrons. The molecule has 0 aliphatic carbocycles. The molecule has 1 saturated heterocycles. The third-order valence-electron chi connectivity index (χ3n) is 4.83. The van der Waals surface area contributed by atoms with Crippen LogP contribution in [-0.4, -0.2) is 50.1 Å². The Hall–Kier alpha value is -2.80. The first-order valence-corrected chi connectivity index (χ1v) is 8.94. The molecule has 1 aromatic carbocycles. The van der Waals surface area contributed by atoms with Gasteiger partial charge in [0.2, 0.25) is 0 Å². The average Bonchev–Trinajstić information content (AvgIpc) is 2.97. The highest BCUT2D eigenvalue weighted by atomic mass is 16.5. The number of aromatic amines is 1. The molecule has 27 heavy (non-hydrogen) atoms. The van der Waals surface area contributed by atoms with Crippen LogP contribution in [0.25, 0.3) is 0 Å². The summed E-state index contributed by atoms with van der Waals surface area (Å²) in [6.07, 6.45) is 0. The first-order chi connectivity index (χ1) is 12.9. The van der Waals surface area contributed by atoms with Crippen LogP contribution in [0.4, 0.5) is 11.4 Å². The van der Waals surface area contributed by atoms with Gasteiger partial charge < -0.3 is 24.7 Å². The summed E-state index contributed by atoms with van der Waals surface area (Å²) in [5.74, 6) is 0.216. The lowest BCUT2D eigenvalue weighted by Gasteiger charge is -2.29. The van der Waals surface area contributed by atoms with E-state index < -0.39 is 0 Å². The van der Waals surface area contributed by atoms with Gasteiger partial charge in [0.25, 0.3) is 5.91 Å². The van der Waals surface area contributed by atoms with Gasteiger partial charge in [-0.15, -0.1) is 0 Å². The largest absolute Gasteiger partial charge is 0.494 e. The molecule has 1 aromatic heterocycles. The molecular weight excluding hydrogens is 346 g/mol. The lowest BCUT2D eigenvalue weighted by Crippen LogP contribution is -2.36. The topological polar surface area (TPSA) is 83.7 Å². The number of aromatic nitrogens is 1. The average molecular weight is 371 g/mol. The number of hydrogen-bond acceptors (Lipinski definition) is 5. The van der Waals surface area contributed by atoms with Crippen molar-refractivity contribution in [3.05, 3.63) is 40.7 Å². The van der Waals surface area contributed by atoms with Crippen LogP contribution in [0.1, 0.15) is 39.0 Å². The third-order valence-corrected chi connectivity index (χ3v) is 4.83. The van der Waals surface area contributed by atoms with E-state index in [1.165, 1.54) is 6.92 Å². The summed E-state index contributed by atoms with van der Waals surface area (Å²) >= 11 is 0. The van der Waals surface area contributed by atoms with E-state index >= 15 is 0 Å². The van der Waals surface area contributed by atoms with Crippen LogP contribution in [0.3, 0.4) is 0 Å². The molecule has 0 unspecified atom stereocenters. The molecule has 2 aromatic rings. The predicted octanol–water partition coefficient (Wildman–Crippen LogP) is 2.93. The van der Waals surface area contributed by atoms with E-state index in [1.54, 1.807) is 21.0 Å². The monoisotopic (exact) mass is 371 g/mol. The fraction of sp³-hybridized carbons (Fsp3) is 0.400. The number of morpholine rings is 1. The second kappa shape index (κ2) is 7.84. The highest BCUT2D eigenvalue weighted by Crippen LogP contribution is 2.31. The number of benzene rings is 1. The van der Waals surface area contributed by atoms with Crippen LogP contribution in [0.5, 0.6) is 5.75 Å². The number of hydrogen-bond donors (Lipinski definition) is 2. The van der Waals surface area contributed by atoms with E-state index in [-0.39, 0.29) is 11.7 Å². The minimum absolute atomic E-state index is 0.0623. The molecule has 1 aliphatic rings. The Morgan fingerprint density at radius 2 is 1.93 bits per heavy atom. The maximum absolute atomic E-state index is 12.7. The summed E-state index contributed by atoms with van der Waals surface area (Å²) in [6.45, 7) is 8.10. The zero-order valence-electron chi connectivity index (χ0n) is 16.1. The molecule has 0 atom stereocenters. The molecule has 1 aliphatic heterocycles. The highest BCUT2D eigenvalue weighted by molar-refractivity contribution is 6.08. The molecular formula is C20H25N3O4. The molecule has 7 heteroatoms. The number of methoxy groups -OCH3 is 1. The summed E-state index contributed by atoms with van der Waals surface area (Å²) in [5, 5.41) is 2.88. The van der Waals surface area contributed by atoms with Crippen molar-refractivity contribution in [3.63, 3.8) is 0 Å². The van der Waals surface area contributed by atoms with E-state index in [1.807, 2.05) is 18.2 Å². The Morgan fingerprint density at radius 3 is 2.52 bits per heavy atom. The lowest BCUT2D eigenvalue weighted by molar-refractivity contribution is 0.101. The van der Waals surface area contributed by atoms with Crippen molar-refractivity contribution < 1.29 is 19.1 Å². The van der Waals surface area contributed by atoms with Crippen molar-refractivity contribution >= 4 is 23.1 Å². The number of ketones is 1. The molecule has 2 N–H and O–H groups in total. The fourth-order valence-corrected chi connectivity index (χ4v) is 3.49. The van der Waals surface area contributed by atoms with Gasteiger partial charge in [0.15, 0.2) is 5.78 Å². The molecule has 1 amide bonds. The number of carbonyl (C=O) groups excluding carboxylic acids is 2. The molecule has 144 valence electrons. The molecule has 7 nitrogen and oxygen atoms in total. The van der Waals surface area contributed by atoms with Gasteiger partial charge in [-0.3, -0.25) is 9.59 Å². The van der Waals surface area contributed by atoms with Crippen LogP contribution in [0.2, 0.25) is 0 Å². The Labute approximate surface area is 158 Å². The fourth-order valence-electron chi connectivity index (χ4n) is 3.49. The minimum Gasteiger partial charge on any atom is -0.494 e. The van der Waals surface area contributed by atoms with Gasteiger partial charge in [0.05, 0.1) is 26.0 Å². The Balaban J connectivity index is 1.84. The van der Waals surface area contributed by atoms with E-state index in [9.17, 15) is 9.59 Å².